The summed E-state index contributed by atoms with van der Waals surface area (Å²) in [5.74, 6) is 0.992. The van der Waals surface area contributed by atoms with Crippen molar-refractivity contribution in [3.8, 4) is 5.75 Å². The number of hydrogen-bond acceptors (Lipinski definition) is 4. The van der Waals surface area contributed by atoms with Gasteiger partial charge in [-0.15, -0.1) is 0 Å². The zero-order valence-electron chi connectivity index (χ0n) is 18.9. The number of methoxy groups -OCH3 is 1. The smallest absolute Gasteiger partial charge is 0.255 e. The van der Waals surface area contributed by atoms with Gasteiger partial charge in [-0.3, -0.25) is 9.59 Å². The van der Waals surface area contributed by atoms with Crippen molar-refractivity contribution in [2.45, 2.75) is 19.8 Å². The number of para-hydroxylation sites is 1. The van der Waals surface area contributed by atoms with Gasteiger partial charge in [0.05, 0.1) is 30.4 Å². The van der Waals surface area contributed by atoms with Gasteiger partial charge in [-0.2, -0.15) is 0 Å². The molecule has 1 saturated heterocycles. The van der Waals surface area contributed by atoms with Gasteiger partial charge in [-0.25, -0.2) is 4.98 Å². The van der Waals surface area contributed by atoms with Crippen LogP contribution in [0.4, 0.5) is 0 Å². The minimum absolute atomic E-state index is 0.0856. The van der Waals surface area contributed by atoms with Crippen molar-refractivity contribution >= 4 is 34.4 Å². The number of amides is 2. The monoisotopic (exact) mass is 441 g/mol. The summed E-state index contributed by atoms with van der Waals surface area (Å²) < 4.78 is 5.28. The van der Waals surface area contributed by atoms with Crippen LogP contribution in [0.15, 0.2) is 48.5 Å². The van der Waals surface area contributed by atoms with E-state index in [1.54, 1.807) is 12.0 Å². The molecule has 5 rings (SSSR count). The minimum Gasteiger partial charge on any atom is -0.497 e. The SMILES string of the molecule is COc1ccc(/C=C2/C[C@@H](C)Cc3c2nc2ccccc2c3C(=O)N2CCNC(=O)C2)cc1. The Morgan fingerprint density at radius 3 is 2.70 bits per heavy atom. The number of nitrogens with one attached hydrogen (secondary N) is 1. The van der Waals surface area contributed by atoms with E-state index in [0.29, 0.717) is 24.6 Å². The van der Waals surface area contributed by atoms with Crippen molar-refractivity contribution in [1.82, 2.24) is 15.2 Å². The molecule has 2 aromatic carbocycles. The van der Waals surface area contributed by atoms with Crippen molar-refractivity contribution in [1.29, 1.82) is 0 Å². The first-order chi connectivity index (χ1) is 16.0. The van der Waals surface area contributed by atoms with Gasteiger partial charge < -0.3 is 15.0 Å². The molecule has 0 unspecified atom stereocenters. The maximum Gasteiger partial charge on any atom is 0.255 e. The third-order valence-electron chi connectivity index (χ3n) is 6.41. The summed E-state index contributed by atoms with van der Waals surface area (Å²) >= 11 is 0. The van der Waals surface area contributed by atoms with Gasteiger partial charge in [0.1, 0.15) is 5.75 Å². The molecular formula is C27H27N3O3. The van der Waals surface area contributed by atoms with E-state index in [-0.39, 0.29) is 18.4 Å². The van der Waals surface area contributed by atoms with Crippen LogP contribution < -0.4 is 10.1 Å². The van der Waals surface area contributed by atoms with Crippen molar-refractivity contribution in [3.63, 3.8) is 0 Å². The highest BCUT2D eigenvalue weighted by atomic mass is 16.5. The molecule has 2 amide bonds. The summed E-state index contributed by atoms with van der Waals surface area (Å²) in [6.45, 7) is 3.30. The summed E-state index contributed by atoms with van der Waals surface area (Å²) in [5, 5.41) is 3.66. The molecule has 6 heteroatoms. The number of aromatic nitrogens is 1. The van der Waals surface area contributed by atoms with Gasteiger partial charge >= 0.3 is 0 Å². The van der Waals surface area contributed by atoms with Crippen LogP contribution in [0, 0.1) is 5.92 Å². The zero-order valence-corrected chi connectivity index (χ0v) is 18.9. The quantitative estimate of drug-likeness (QED) is 0.668. The number of hydrogen-bond donors (Lipinski definition) is 1. The highest BCUT2D eigenvalue weighted by Gasteiger charge is 2.31. The number of carbonyl (C=O) groups excluding carboxylic acids is 2. The predicted octanol–water partition coefficient (Wildman–Crippen LogP) is 3.94. The summed E-state index contributed by atoms with van der Waals surface area (Å²) in [5.41, 5.74) is 5.58. The minimum atomic E-state index is -0.115. The van der Waals surface area contributed by atoms with Gasteiger partial charge in [0.2, 0.25) is 5.91 Å². The fourth-order valence-corrected chi connectivity index (χ4v) is 4.85. The van der Waals surface area contributed by atoms with E-state index in [4.69, 9.17) is 9.72 Å². The predicted molar refractivity (Wildman–Crippen MR) is 129 cm³/mol. The number of nitrogens with zero attached hydrogens (tertiary/aromatic N) is 2. The van der Waals surface area contributed by atoms with E-state index in [9.17, 15) is 9.59 Å². The second-order valence-corrected chi connectivity index (χ2v) is 8.86. The maximum absolute atomic E-state index is 13.8. The Morgan fingerprint density at radius 2 is 1.94 bits per heavy atom. The molecule has 1 fully saturated rings. The van der Waals surface area contributed by atoms with Gasteiger partial charge in [-0.1, -0.05) is 37.3 Å². The first-order valence-corrected chi connectivity index (χ1v) is 11.4. The topological polar surface area (TPSA) is 71.5 Å². The van der Waals surface area contributed by atoms with Crippen LogP contribution >= 0.6 is 0 Å². The third-order valence-corrected chi connectivity index (χ3v) is 6.41. The molecular weight excluding hydrogens is 414 g/mol. The standard InChI is InChI=1S/C27H27N3O3/c1-17-13-19(15-18-7-9-20(33-2)10-8-18)26-22(14-17)25(21-5-3-4-6-23(21)29-26)27(32)30-12-11-28-24(31)16-30/h3-10,15,17H,11-14,16H2,1-2H3,(H,28,31)/b19-15-/t17-/m1/s1. The number of allylic oxidation sites excluding steroid dienone is 1. The molecule has 168 valence electrons. The molecule has 6 nitrogen and oxygen atoms in total. The molecule has 1 N–H and O–H groups in total. The van der Waals surface area contributed by atoms with Gasteiger partial charge in [0.25, 0.3) is 5.91 Å². The summed E-state index contributed by atoms with van der Waals surface area (Å²) in [7, 11) is 1.66. The lowest BCUT2D eigenvalue weighted by Gasteiger charge is -2.31. The van der Waals surface area contributed by atoms with E-state index in [1.807, 2.05) is 48.5 Å². The van der Waals surface area contributed by atoms with Crippen LogP contribution in [0.1, 0.15) is 40.5 Å². The number of rotatable bonds is 3. The molecule has 2 heterocycles. The number of fused-ring (bicyclic) bond motifs is 2. The van der Waals surface area contributed by atoms with Crippen LogP contribution in [-0.4, -0.2) is 48.4 Å². The number of carbonyl (C=O) groups is 2. The molecule has 0 spiro atoms. The largest absolute Gasteiger partial charge is 0.497 e. The maximum atomic E-state index is 13.8. The Bertz CT molecular complexity index is 1260. The molecule has 1 aliphatic carbocycles. The van der Waals surface area contributed by atoms with Crippen LogP contribution in [0.5, 0.6) is 5.75 Å². The average Bonchev–Trinajstić information content (AvgIpc) is 2.83. The number of benzene rings is 2. The lowest BCUT2D eigenvalue weighted by molar-refractivity contribution is -0.123. The van der Waals surface area contributed by atoms with Gasteiger partial charge in [0, 0.05) is 18.5 Å². The summed E-state index contributed by atoms with van der Waals surface area (Å²) in [6, 6.07) is 15.8. The van der Waals surface area contributed by atoms with E-state index in [2.05, 4.69) is 18.3 Å². The number of ether oxygens (including phenoxy) is 1. The summed E-state index contributed by atoms with van der Waals surface area (Å²) in [6.07, 6.45) is 3.84. The van der Waals surface area contributed by atoms with E-state index >= 15 is 0 Å². The van der Waals surface area contributed by atoms with Crippen LogP contribution in [0.2, 0.25) is 0 Å². The molecule has 1 atom stereocenters. The molecule has 3 aromatic rings. The van der Waals surface area contributed by atoms with Crippen LogP contribution in [0.3, 0.4) is 0 Å². The molecule has 33 heavy (non-hydrogen) atoms. The van der Waals surface area contributed by atoms with Crippen molar-refractivity contribution < 1.29 is 14.3 Å². The van der Waals surface area contributed by atoms with Gasteiger partial charge in [-0.05, 0) is 59.7 Å². The Hall–Kier alpha value is -3.67. The zero-order chi connectivity index (χ0) is 22.9. The Kier molecular flexibility index (Phi) is 5.58. The third kappa shape index (κ3) is 4.09. The molecule has 0 radical (unpaired) electrons. The normalized spacial score (nSPS) is 19.3. The van der Waals surface area contributed by atoms with E-state index < -0.39 is 0 Å². The Labute approximate surface area is 193 Å². The first kappa shape index (κ1) is 21.2. The van der Waals surface area contributed by atoms with Crippen molar-refractivity contribution in [2.75, 3.05) is 26.7 Å². The van der Waals surface area contributed by atoms with Crippen LogP contribution in [-0.2, 0) is 11.2 Å². The summed E-state index contributed by atoms with van der Waals surface area (Å²) in [4.78, 5) is 32.4. The number of piperazine rings is 1. The highest BCUT2D eigenvalue weighted by molar-refractivity contribution is 6.10. The molecule has 0 bridgehead atoms. The Balaban J connectivity index is 1.67. The lowest BCUT2D eigenvalue weighted by atomic mass is 9.80. The average molecular weight is 442 g/mol. The fourth-order valence-electron chi connectivity index (χ4n) is 4.85. The van der Waals surface area contributed by atoms with Crippen molar-refractivity contribution in [3.05, 3.63) is 70.9 Å². The molecule has 1 aliphatic heterocycles. The second kappa shape index (κ2) is 8.70. The lowest BCUT2D eigenvalue weighted by Crippen LogP contribution is -2.50. The molecule has 0 saturated carbocycles. The molecule has 1 aromatic heterocycles. The number of pyridine rings is 1. The Morgan fingerprint density at radius 1 is 1.15 bits per heavy atom. The van der Waals surface area contributed by atoms with E-state index in [0.717, 1.165) is 51.9 Å². The first-order valence-electron chi connectivity index (χ1n) is 11.4. The van der Waals surface area contributed by atoms with Crippen molar-refractivity contribution in [2.24, 2.45) is 5.92 Å². The fraction of sp³-hybridized carbons (Fsp3) is 0.296. The molecule has 2 aliphatic rings. The van der Waals surface area contributed by atoms with E-state index in [1.165, 1.54) is 0 Å². The van der Waals surface area contributed by atoms with Gasteiger partial charge in [0.15, 0.2) is 0 Å². The van der Waals surface area contributed by atoms with Crippen LogP contribution in [0.25, 0.3) is 22.6 Å². The highest BCUT2D eigenvalue weighted by Crippen LogP contribution is 2.39. The second-order valence-electron chi connectivity index (χ2n) is 8.86.